The largest absolute Gasteiger partial charge is 0.345 e. The maximum atomic E-state index is 4.91. The fraction of sp³-hybridized carbons (Fsp3) is 0.824. The van der Waals surface area contributed by atoms with Gasteiger partial charge in [0.25, 0.3) is 0 Å². The first kappa shape index (κ1) is 15.3. The summed E-state index contributed by atoms with van der Waals surface area (Å²) in [4.78, 5) is 7.53. The summed E-state index contributed by atoms with van der Waals surface area (Å²) in [6, 6.07) is 0.766. The Kier molecular flexibility index (Phi) is 4.55. The van der Waals surface area contributed by atoms with Gasteiger partial charge < -0.3 is 10.2 Å². The molecule has 0 aromatic carbocycles. The van der Waals surface area contributed by atoms with Crippen molar-refractivity contribution in [2.75, 3.05) is 11.4 Å². The van der Waals surface area contributed by atoms with Crippen molar-refractivity contribution in [2.24, 2.45) is 5.92 Å². The van der Waals surface area contributed by atoms with E-state index in [1.54, 1.807) is 0 Å². The number of thiazole rings is 1. The van der Waals surface area contributed by atoms with Crippen LogP contribution < -0.4 is 10.2 Å². The summed E-state index contributed by atoms with van der Waals surface area (Å²) in [5.74, 6) is 0.924. The maximum Gasteiger partial charge on any atom is 0.185 e. The van der Waals surface area contributed by atoms with Crippen molar-refractivity contribution in [3.05, 3.63) is 11.1 Å². The summed E-state index contributed by atoms with van der Waals surface area (Å²) < 4.78 is 0. The van der Waals surface area contributed by atoms with E-state index >= 15 is 0 Å². The number of rotatable bonds is 3. The van der Waals surface area contributed by atoms with Gasteiger partial charge in [-0.25, -0.2) is 4.98 Å². The summed E-state index contributed by atoms with van der Waals surface area (Å²) in [7, 11) is 0. The molecule has 0 spiro atoms. The second kappa shape index (κ2) is 6.25. The van der Waals surface area contributed by atoms with Gasteiger partial charge in [0.05, 0.1) is 5.69 Å². The van der Waals surface area contributed by atoms with Crippen LogP contribution in [0, 0.1) is 5.92 Å². The van der Waals surface area contributed by atoms with E-state index in [0.717, 1.165) is 18.5 Å². The number of hydrogen-bond donors (Lipinski definition) is 1. The monoisotopic (exact) mass is 307 g/mol. The van der Waals surface area contributed by atoms with Crippen LogP contribution in [0.15, 0.2) is 5.38 Å². The van der Waals surface area contributed by atoms with Gasteiger partial charge in [0.15, 0.2) is 5.13 Å². The van der Waals surface area contributed by atoms with E-state index in [1.807, 2.05) is 11.3 Å². The standard InChI is InChI=1S/C17H29N3S/c1-17(2,3)18-11-14-12-21-16(19-14)20-10-6-8-13-7-4-5-9-15(13)20/h12-13,15,18H,4-11H2,1-3H3/t13-,15-/m1/s1. The normalized spacial score (nSPS) is 26.7. The molecule has 1 saturated heterocycles. The zero-order chi connectivity index (χ0) is 14.9. The van der Waals surface area contributed by atoms with E-state index < -0.39 is 0 Å². The van der Waals surface area contributed by atoms with Gasteiger partial charge >= 0.3 is 0 Å². The molecule has 1 aliphatic heterocycles. The maximum absolute atomic E-state index is 4.91. The van der Waals surface area contributed by atoms with Gasteiger partial charge in [0.2, 0.25) is 0 Å². The fourth-order valence-electron chi connectivity index (χ4n) is 3.73. The zero-order valence-corrected chi connectivity index (χ0v) is 14.5. The molecular weight excluding hydrogens is 278 g/mol. The quantitative estimate of drug-likeness (QED) is 0.907. The van der Waals surface area contributed by atoms with Crippen LogP contribution in [0.4, 0.5) is 5.13 Å². The van der Waals surface area contributed by atoms with Gasteiger partial charge in [-0.05, 0) is 52.4 Å². The van der Waals surface area contributed by atoms with Crippen molar-refractivity contribution in [1.29, 1.82) is 0 Å². The highest BCUT2D eigenvalue weighted by Crippen LogP contribution is 2.38. The van der Waals surface area contributed by atoms with Gasteiger partial charge in [-0.1, -0.05) is 12.8 Å². The van der Waals surface area contributed by atoms with Crippen LogP contribution >= 0.6 is 11.3 Å². The molecule has 1 aromatic rings. The van der Waals surface area contributed by atoms with Crippen molar-refractivity contribution >= 4 is 16.5 Å². The molecule has 1 aromatic heterocycles. The molecule has 4 heteroatoms. The molecule has 3 nitrogen and oxygen atoms in total. The van der Waals surface area contributed by atoms with Crippen LogP contribution in [0.25, 0.3) is 0 Å². The van der Waals surface area contributed by atoms with E-state index in [0.29, 0.717) is 0 Å². The molecule has 1 saturated carbocycles. The second-order valence-corrected chi connectivity index (χ2v) is 8.51. The number of nitrogens with zero attached hydrogens (tertiary/aromatic N) is 2. The zero-order valence-electron chi connectivity index (χ0n) is 13.7. The number of fused-ring (bicyclic) bond motifs is 1. The number of nitrogens with one attached hydrogen (secondary N) is 1. The average molecular weight is 308 g/mol. The Morgan fingerprint density at radius 2 is 2.00 bits per heavy atom. The van der Waals surface area contributed by atoms with Crippen LogP contribution in [0.1, 0.15) is 65.0 Å². The lowest BCUT2D eigenvalue weighted by Crippen LogP contribution is -2.46. The summed E-state index contributed by atoms with van der Waals surface area (Å²) in [5.41, 5.74) is 1.35. The van der Waals surface area contributed by atoms with Gasteiger partial charge in [0.1, 0.15) is 0 Å². The first-order valence-electron chi connectivity index (χ1n) is 8.49. The van der Waals surface area contributed by atoms with Crippen LogP contribution in [-0.4, -0.2) is 23.1 Å². The molecule has 21 heavy (non-hydrogen) atoms. The SMILES string of the molecule is CC(C)(C)NCc1csc(N2CCC[C@H]3CCCC[C@H]32)n1. The van der Waals surface area contributed by atoms with Crippen molar-refractivity contribution in [1.82, 2.24) is 10.3 Å². The van der Waals surface area contributed by atoms with E-state index in [1.165, 1.54) is 55.9 Å². The minimum atomic E-state index is 0.156. The third kappa shape index (κ3) is 3.78. The highest BCUT2D eigenvalue weighted by molar-refractivity contribution is 7.13. The van der Waals surface area contributed by atoms with Crippen molar-refractivity contribution in [2.45, 2.75) is 77.4 Å². The highest BCUT2D eigenvalue weighted by atomic mass is 32.1. The number of piperidine rings is 1. The first-order chi connectivity index (χ1) is 10.0. The lowest BCUT2D eigenvalue weighted by atomic mass is 9.78. The molecule has 1 aliphatic carbocycles. The molecule has 0 unspecified atom stereocenters. The molecule has 2 atom stereocenters. The lowest BCUT2D eigenvalue weighted by Gasteiger charge is -2.44. The summed E-state index contributed by atoms with van der Waals surface area (Å²) in [5, 5.41) is 7.03. The molecule has 2 fully saturated rings. The van der Waals surface area contributed by atoms with Crippen molar-refractivity contribution in [3.63, 3.8) is 0 Å². The molecular formula is C17H29N3S. The minimum Gasteiger partial charge on any atom is -0.345 e. The van der Waals surface area contributed by atoms with Crippen LogP contribution in [-0.2, 0) is 6.54 Å². The summed E-state index contributed by atoms with van der Waals surface area (Å²) in [6.07, 6.45) is 8.43. The summed E-state index contributed by atoms with van der Waals surface area (Å²) >= 11 is 1.84. The van der Waals surface area contributed by atoms with E-state index in [4.69, 9.17) is 4.98 Å². The fourth-order valence-corrected chi connectivity index (χ4v) is 4.64. The molecule has 0 radical (unpaired) electrons. The van der Waals surface area contributed by atoms with E-state index in [-0.39, 0.29) is 5.54 Å². The van der Waals surface area contributed by atoms with Crippen LogP contribution in [0.3, 0.4) is 0 Å². The molecule has 2 aliphatic rings. The third-order valence-electron chi connectivity index (χ3n) is 4.83. The second-order valence-electron chi connectivity index (χ2n) is 7.67. The Labute approximate surface area is 133 Å². The molecule has 0 bridgehead atoms. The number of anilines is 1. The van der Waals surface area contributed by atoms with Gasteiger partial charge in [-0.3, -0.25) is 0 Å². The van der Waals surface area contributed by atoms with Gasteiger partial charge in [-0.15, -0.1) is 11.3 Å². The van der Waals surface area contributed by atoms with Gasteiger partial charge in [0, 0.05) is 30.1 Å². The Hall–Kier alpha value is -0.610. The Morgan fingerprint density at radius 1 is 1.24 bits per heavy atom. The topological polar surface area (TPSA) is 28.2 Å². The van der Waals surface area contributed by atoms with Gasteiger partial charge in [-0.2, -0.15) is 0 Å². The van der Waals surface area contributed by atoms with E-state index in [2.05, 4.69) is 36.4 Å². The molecule has 0 amide bonds. The Morgan fingerprint density at radius 3 is 2.81 bits per heavy atom. The van der Waals surface area contributed by atoms with Crippen LogP contribution in [0.5, 0.6) is 0 Å². The van der Waals surface area contributed by atoms with E-state index in [9.17, 15) is 0 Å². The third-order valence-corrected chi connectivity index (χ3v) is 5.75. The number of hydrogen-bond acceptors (Lipinski definition) is 4. The predicted octanol–water partition coefficient (Wildman–Crippen LogP) is 4.19. The summed E-state index contributed by atoms with van der Waals surface area (Å²) in [6.45, 7) is 8.70. The Balaban J connectivity index is 1.67. The van der Waals surface area contributed by atoms with Crippen molar-refractivity contribution < 1.29 is 0 Å². The lowest BCUT2D eigenvalue weighted by molar-refractivity contribution is 0.243. The first-order valence-corrected chi connectivity index (χ1v) is 9.37. The minimum absolute atomic E-state index is 0.156. The smallest absolute Gasteiger partial charge is 0.185 e. The van der Waals surface area contributed by atoms with Crippen LogP contribution in [0.2, 0.25) is 0 Å². The molecule has 3 rings (SSSR count). The average Bonchev–Trinajstić information content (AvgIpc) is 2.92. The predicted molar refractivity (Wildman–Crippen MR) is 91.0 cm³/mol. The molecule has 118 valence electrons. The van der Waals surface area contributed by atoms with Crippen molar-refractivity contribution in [3.8, 4) is 0 Å². The molecule has 2 heterocycles. The molecule has 1 N–H and O–H groups in total. The Bertz CT molecular complexity index is 461. The highest BCUT2D eigenvalue weighted by Gasteiger charge is 2.34. The number of aromatic nitrogens is 1.